The van der Waals surface area contributed by atoms with E-state index in [0.29, 0.717) is 17.9 Å². The zero-order chi connectivity index (χ0) is 20.9. The topological polar surface area (TPSA) is 66.5 Å². The number of carbonyl (C=O) groups is 1. The molecule has 2 aromatic rings. The quantitative estimate of drug-likeness (QED) is 0.752. The van der Waals surface area contributed by atoms with E-state index in [4.69, 9.17) is 0 Å². The van der Waals surface area contributed by atoms with Gasteiger partial charge in [-0.1, -0.05) is 60.9 Å². The molecule has 0 spiro atoms. The van der Waals surface area contributed by atoms with Crippen LogP contribution in [0.4, 0.5) is 0 Å². The number of nitrogens with zero attached hydrogens (tertiary/aromatic N) is 1. The lowest BCUT2D eigenvalue weighted by Crippen LogP contribution is -2.55. The summed E-state index contributed by atoms with van der Waals surface area (Å²) >= 11 is 0. The second-order valence-electron chi connectivity index (χ2n) is 7.82. The lowest BCUT2D eigenvalue weighted by Gasteiger charge is -2.39. The van der Waals surface area contributed by atoms with E-state index >= 15 is 0 Å². The van der Waals surface area contributed by atoms with Crippen molar-refractivity contribution in [2.24, 2.45) is 0 Å². The highest BCUT2D eigenvalue weighted by molar-refractivity contribution is 7.89. The van der Waals surface area contributed by atoms with Crippen molar-refractivity contribution in [2.75, 3.05) is 6.54 Å². The summed E-state index contributed by atoms with van der Waals surface area (Å²) in [4.78, 5) is 12.0. The van der Waals surface area contributed by atoms with Gasteiger partial charge in [0, 0.05) is 25.6 Å². The highest BCUT2D eigenvalue weighted by Crippen LogP contribution is 2.29. The fourth-order valence-corrected chi connectivity index (χ4v) is 5.77. The van der Waals surface area contributed by atoms with Crippen molar-refractivity contribution in [3.63, 3.8) is 0 Å². The Hall–Kier alpha value is -2.18. The molecule has 1 N–H and O–H groups in total. The summed E-state index contributed by atoms with van der Waals surface area (Å²) in [6.45, 7) is 3.83. The average Bonchev–Trinajstić information content (AvgIpc) is 2.70. The normalized spacial score (nSPS) is 19.8. The van der Waals surface area contributed by atoms with Crippen molar-refractivity contribution in [1.82, 2.24) is 9.62 Å². The number of nitrogens with one attached hydrogen (secondary N) is 1. The number of hydrogen-bond donors (Lipinski definition) is 1. The Morgan fingerprint density at radius 3 is 2.34 bits per heavy atom. The summed E-state index contributed by atoms with van der Waals surface area (Å²) in [6, 6.07) is 16.5. The summed E-state index contributed by atoms with van der Waals surface area (Å²) in [6.07, 6.45) is 4.15. The Bertz CT molecular complexity index is 911. The molecule has 2 aromatic carbocycles. The number of sulfonamides is 1. The van der Waals surface area contributed by atoms with Crippen molar-refractivity contribution in [3.8, 4) is 0 Å². The molecule has 156 valence electrons. The van der Waals surface area contributed by atoms with Gasteiger partial charge in [0.1, 0.15) is 0 Å². The van der Waals surface area contributed by atoms with Crippen molar-refractivity contribution < 1.29 is 13.2 Å². The van der Waals surface area contributed by atoms with Crippen molar-refractivity contribution in [2.45, 2.75) is 62.9 Å². The van der Waals surface area contributed by atoms with E-state index in [-0.39, 0.29) is 18.0 Å². The smallest absolute Gasteiger partial charge is 0.243 e. The molecule has 0 radical (unpaired) electrons. The summed E-state index contributed by atoms with van der Waals surface area (Å²) < 4.78 is 28.8. The lowest BCUT2D eigenvalue weighted by atomic mass is 9.90. The molecule has 0 saturated heterocycles. The van der Waals surface area contributed by atoms with Gasteiger partial charge in [0.2, 0.25) is 15.9 Å². The molecule has 1 saturated carbocycles. The number of benzene rings is 2. The summed E-state index contributed by atoms with van der Waals surface area (Å²) in [5.74, 6) is -0.113. The molecular weight excluding hydrogens is 384 g/mol. The molecule has 0 aliphatic heterocycles. The van der Waals surface area contributed by atoms with E-state index in [1.807, 2.05) is 49.4 Å². The van der Waals surface area contributed by atoms with Crippen LogP contribution in [0.25, 0.3) is 0 Å². The largest absolute Gasteiger partial charge is 0.352 e. The minimum atomic E-state index is -3.67. The summed E-state index contributed by atoms with van der Waals surface area (Å²) in [7, 11) is -3.67. The van der Waals surface area contributed by atoms with Crippen LogP contribution in [0.15, 0.2) is 59.5 Å². The highest BCUT2D eigenvalue weighted by atomic mass is 32.2. The molecule has 2 atom stereocenters. The molecule has 29 heavy (non-hydrogen) atoms. The van der Waals surface area contributed by atoms with Crippen LogP contribution in [0.5, 0.6) is 0 Å². The molecule has 1 aliphatic rings. The minimum Gasteiger partial charge on any atom is -0.352 e. The van der Waals surface area contributed by atoms with E-state index in [9.17, 15) is 13.2 Å². The van der Waals surface area contributed by atoms with Gasteiger partial charge in [0.15, 0.2) is 0 Å². The van der Waals surface area contributed by atoms with Crippen LogP contribution in [-0.2, 0) is 21.2 Å². The Balaban J connectivity index is 1.93. The number of hydrogen-bond acceptors (Lipinski definition) is 3. The molecule has 1 aliphatic carbocycles. The first-order chi connectivity index (χ1) is 13.9. The number of amides is 1. The van der Waals surface area contributed by atoms with Crippen LogP contribution in [0.2, 0.25) is 0 Å². The van der Waals surface area contributed by atoms with Crippen LogP contribution in [0.3, 0.4) is 0 Å². The third-order valence-corrected chi connectivity index (χ3v) is 7.52. The summed E-state index contributed by atoms with van der Waals surface area (Å²) in [5, 5.41) is 3.00. The number of aryl methyl sites for hydroxylation is 1. The van der Waals surface area contributed by atoms with Gasteiger partial charge in [-0.2, -0.15) is 4.31 Å². The van der Waals surface area contributed by atoms with Crippen LogP contribution in [0, 0.1) is 6.92 Å². The lowest BCUT2D eigenvalue weighted by molar-refractivity contribution is -0.120. The Morgan fingerprint density at radius 1 is 1.03 bits per heavy atom. The Labute approximate surface area is 174 Å². The molecule has 0 bridgehead atoms. The summed E-state index contributed by atoms with van der Waals surface area (Å²) in [5.41, 5.74) is 2.12. The maximum absolute atomic E-state index is 13.6. The SMILES string of the molecule is CC(=O)NC1CCCCC1N(CCc1ccccc1)S(=O)(=O)c1ccc(C)cc1. The molecule has 2 unspecified atom stereocenters. The van der Waals surface area contributed by atoms with Gasteiger partial charge in [-0.3, -0.25) is 4.79 Å². The molecule has 0 aromatic heterocycles. The first kappa shape index (κ1) is 21.5. The maximum Gasteiger partial charge on any atom is 0.243 e. The predicted molar refractivity (Wildman–Crippen MR) is 115 cm³/mol. The van der Waals surface area contributed by atoms with E-state index in [1.54, 1.807) is 16.4 Å². The Kier molecular flexibility index (Phi) is 7.09. The van der Waals surface area contributed by atoms with Crippen molar-refractivity contribution in [1.29, 1.82) is 0 Å². The van der Waals surface area contributed by atoms with Crippen molar-refractivity contribution in [3.05, 3.63) is 65.7 Å². The average molecular weight is 415 g/mol. The zero-order valence-corrected chi connectivity index (χ0v) is 18.0. The second kappa shape index (κ2) is 9.55. The van der Waals surface area contributed by atoms with Gasteiger partial charge in [-0.25, -0.2) is 8.42 Å². The fraction of sp³-hybridized carbons (Fsp3) is 0.435. The van der Waals surface area contributed by atoms with Crippen LogP contribution in [-0.4, -0.2) is 37.3 Å². The van der Waals surface area contributed by atoms with Crippen molar-refractivity contribution >= 4 is 15.9 Å². The third-order valence-electron chi connectivity index (χ3n) is 5.58. The van der Waals surface area contributed by atoms with Crippen LogP contribution >= 0.6 is 0 Å². The first-order valence-electron chi connectivity index (χ1n) is 10.3. The first-order valence-corrected chi connectivity index (χ1v) is 11.7. The second-order valence-corrected chi connectivity index (χ2v) is 9.71. The van der Waals surface area contributed by atoms with E-state index in [1.165, 1.54) is 6.92 Å². The fourth-order valence-electron chi connectivity index (χ4n) is 4.08. The molecule has 1 fully saturated rings. The standard InChI is InChI=1S/C23H30N2O3S/c1-18-12-14-21(15-13-18)29(27,28)25(17-16-20-8-4-3-5-9-20)23-11-7-6-10-22(23)24-19(2)26/h3-5,8-9,12-15,22-23H,6-7,10-11,16-17H2,1-2H3,(H,24,26). The predicted octanol–water partition coefficient (Wildman–Crippen LogP) is 3.68. The van der Waals surface area contributed by atoms with E-state index < -0.39 is 10.0 Å². The van der Waals surface area contributed by atoms with Gasteiger partial charge < -0.3 is 5.32 Å². The van der Waals surface area contributed by atoms with Crippen LogP contribution < -0.4 is 5.32 Å². The zero-order valence-electron chi connectivity index (χ0n) is 17.2. The molecule has 3 rings (SSSR count). The van der Waals surface area contributed by atoms with Gasteiger partial charge in [0.25, 0.3) is 0 Å². The number of rotatable bonds is 7. The molecule has 0 heterocycles. The van der Waals surface area contributed by atoms with Crippen LogP contribution in [0.1, 0.15) is 43.7 Å². The molecule has 6 heteroatoms. The van der Waals surface area contributed by atoms with Gasteiger partial charge in [-0.15, -0.1) is 0 Å². The van der Waals surface area contributed by atoms with Gasteiger partial charge in [-0.05, 0) is 43.9 Å². The van der Waals surface area contributed by atoms with E-state index in [0.717, 1.165) is 36.8 Å². The van der Waals surface area contributed by atoms with E-state index in [2.05, 4.69) is 5.32 Å². The monoisotopic (exact) mass is 414 g/mol. The van der Waals surface area contributed by atoms with Gasteiger partial charge >= 0.3 is 0 Å². The molecule has 1 amide bonds. The molecular formula is C23H30N2O3S. The molecule has 5 nitrogen and oxygen atoms in total. The Morgan fingerprint density at radius 2 is 1.69 bits per heavy atom. The third kappa shape index (κ3) is 5.46. The maximum atomic E-state index is 13.6. The highest BCUT2D eigenvalue weighted by Gasteiger charge is 2.37. The van der Waals surface area contributed by atoms with Gasteiger partial charge in [0.05, 0.1) is 4.90 Å². The minimum absolute atomic E-state index is 0.113. The number of carbonyl (C=O) groups excluding carboxylic acids is 1.